The molecule has 0 heterocycles. The number of rotatable bonds is 4. The van der Waals surface area contributed by atoms with Crippen LogP contribution in [0, 0.1) is 5.41 Å². The molecule has 1 aliphatic rings. The molecule has 104 valence electrons. The smallest absolute Gasteiger partial charge is 0.309 e. The van der Waals surface area contributed by atoms with Gasteiger partial charge in [0.1, 0.15) is 0 Å². The summed E-state index contributed by atoms with van der Waals surface area (Å²) in [5.41, 5.74) is -1.06. The Bertz CT molecular complexity index is 327. The van der Waals surface area contributed by atoms with Gasteiger partial charge in [-0.2, -0.15) is 0 Å². The van der Waals surface area contributed by atoms with Crippen molar-refractivity contribution in [2.45, 2.75) is 58.1 Å². The summed E-state index contributed by atoms with van der Waals surface area (Å²) in [5, 5.41) is 18.9. The van der Waals surface area contributed by atoms with Gasteiger partial charge in [0, 0.05) is 13.5 Å². The Morgan fingerprint density at radius 3 is 2.33 bits per heavy atom. The summed E-state index contributed by atoms with van der Waals surface area (Å²) in [6, 6.07) is -0.171. The molecule has 0 aromatic rings. The van der Waals surface area contributed by atoms with E-state index in [9.17, 15) is 14.7 Å². The van der Waals surface area contributed by atoms with Gasteiger partial charge in [-0.1, -0.05) is 12.8 Å². The number of carbonyl (C=O) groups excluding carboxylic acids is 1. The number of likely N-dealkylation sites (N-methyl/N-ethyl adjacent to an activating group) is 1. The van der Waals surface area contributed by atoms with Crippen molar-refractivity contribution in [2.75, 3.05) is 7.05 Å². The summed E-state index contributed by atoms with van der Waals surface area (Å²) in [7, 11) is 1.65. The van der Waals surface area contributed by atoms with E-state index in [0.717, 1.165) is 19.3 Å². The van der Waals surface area contributed by atoms with E-state index < -0.39 is 17.5 Å². The lowest BCUT2D eigenvalue weighted by atomic mass is 9.87. The number of hydrogen-bond acceptors (Lipinski definition) is 3. The maximum Gasteiger partial charge on any atom is 0.309 e. The van der Waals surface area contributed by atoms with Gasteiger partial charge in [0.15, 0.2) is 0 Å². The first-order valence-electron chi connectivity index (χ1n) is 6.43. The van der Waals surface area contributed by atoms with Crippen LogP contribution >= 0.6 is 0 Å². The van der Waals surface area contributed by atoms with E-state index in [1.54, 1.807) is 20.9 Å². The molecular formula is C13H23NO4. The number of amides is 1. The van der Waals surface area contributed by atoms with Crippen molar-refractivity contribution in [3.63, 3.8) is 0 Å². The molecule has 1 aliphatic carbocycles. The summed E-state index contributed by atoms with van der Waals surface area (Å²) in [6.45, 7) is 3.08. The number of carbonyl (C=O) groups is 2. The number of aliphatic hydroxyl groups is 1. The summed E-state index contributed by atoms with van der Waals surface area (Å²) in [4.78, 5) is 24.6. The molecular weight excluding hydrogens is 234 g/mol. The summed E-state index contributed by atoms with van der Waals surface area (Å²) >= 11 is 0. The molecule has 18 heavy (non-hydrogen) atoms. The third-order valence-corrected chi connectivity index (χ3v) is 3.76. The number of carboxylic acid groups (broad SMARTS) is 1. The van der Waals surface area contributed by atoms with Crippen LogP contribution in [0.5, 0.6) is 0 Å². The van der Waals surface area contributed by atoms with Crippen molar-refractivity contribution in [1.29, 1.82) is 0 Å². The van der Waals surface area contributed by atoms with Gasteiger partial charge in [0.25, 0.3) is 0 Å². The minimum absolute atomic E-state index is 0.0396. The molecule has 1 fully saturated rings. The molecule has 5 nitrogen and oxygen atoms in total. The Morgan fingerprint density at radius 1 is 1.28 bits per heavy atom. The Kier molecular flexibility index (Phi) is 4.73. The first kappa shape index (κ1) is 15.0. The van der Waals surface area contributed by atoms with Crippen LogP contribution < -0.4 is 0 Å². The van der Waals surface area contributed by atoms with Gasteiger partial charge in [-0.05, 0) is 26.7 Å². The van der Waals surface area contributed by atoms with Crippen LogP contribution in [0.2, 0.25) is 0 Å². The first-order chi connectivity index (χ1) is 8.25. The van der Waals surface area contributed by atoms with Crippen molar-refractivity contribution >= 4 is 11.9 Å². The number of hydrogen-bond donors (Lipinski definition) is 2. The molecule has 2 N–H and O–H groups in total. The monoisotopic (exact) mass is 257 g/mol. The standard InChI is InChI=1S/C13H23NO4/c1-13(2,12(17)18)8-11(16)14(3)9-6-4-5-7-10(9)15/h9-10,15H,4-8H2,1-3H3,(H,17,18). The number of aliphatic carboxylic acids is 1. The van der Waals surface area contributed by atoms with Gasteiger partial charge in [0.2, 0.25) is 5.91 Å². The van der Waals surface area contributed by atoms with E-state index in [1.165, 1.54) is 4.90 Å². The van der Waals surface area contributed by atoms with E-state index >= 15 is 0 Å². The fourth-order valence-electron chi connectivity index (χ4n) is 2.31. The Balaban J connectivity index is 2.63. The van der Waals surface area contributed by atoms with E-state index in [2.05, 4.69) is 0 Å². The lowest BCUT2D eigenvalue weighted by Gasteiger charge is -2.36. The third kappa shape index (κ3) is 3.45. The van der Waals surface area contributed by atoms with Crippen LogP contribution in [0.25, 0.3) is 0 Å². The fraction of sp³-hybridized carbons (Fsp3) is 0.846. The van der Waals surface area contributed by atoms with Crippen molar-refractivity contribution in [1.82, 2.24) is 4.90 Å². The summed E-state index contributed by atoms with van der Waals surface area (Å²) in [5.74, 6) is -1.19. The van der Waals surface area contributed by atoms with E-state index in [0.29, 0.717) is 6.42 Å². The van der Waals surface area contributed by atoms with Gasteiger partial charge in [-0.3, -0.25) is 9.59 Å². The molecule has 0 spiro atoms. The fourth-order valence-corrected chi connectivity index (χ4v) is 2.31. The Morgan fingerprint density at radius 2 is 1.83 bits per heavy atom. The molecule has 1 amide bonds. The Hall–Kier alpha value is -1.10. The largest absolute Gasteiger partial charge is 0.481 e. The predicted molar refractivity (Wildman–Crippen MR) is 67.1 cm³/mol. The van der Waals surface area contributed by atoms with E-state index in [-0.39, 0.29) is 18.4 Å². The van der Waals surface area contributed by atoms with Crippen molar-refractivity contribution in [2.24, 2.45) is 5.41 Å². The maximum absolute atomic E-state index is 12.1. The van der Waals surface area contributed by atoms with Crippen LogP contribution in [0.15, 0.2) is 0 Å². The maximum atomic E-state index is 12.1. The molecule has 1 rings (SSSR count). The third-order valence-electron chi connectivity index (χ3n) is 3.76. The van der Waals surface area contributed by atoms with Gasteiger partial charge in [-0.15, -0.1) is 0 Å². The molecule has 1 saturated carbocycles. The predicted octanol–water partition coefficient (Wildman–Crippen LogP) is 1.25. The molecule has 2 unspecified atom stereocenters. The zero-order valence-corrected chi connectivity index (χ0v) is 11.3. The first-order valence-corrected chi connectivity index (χ1v) is 6.43. The zero-order chi connectivity index (χ0) is 13.9. The van der Waals surface area contributed by atoms with Crippen LogP contribution in [-0.2, 0) is 9.59 Å². The topological polar surface area (TPSA) is 77.8 Å². The molecule has 0 radical (unpaired) electrons. The van der Waals surface area contributed by atoms with Crippen LogP contribution in [0.1, 0.15) is 46.0 Å². The second-order valence-electron chi connectivity index (χ2n) is 5.79. The van der Waals surface area contributed by atoms with Gasteiger partial charge < -0.3 is 15.1 Å². The molecule has 0 aliphatic heterocycles. The normalized spacial score (nSPS) is 24.7. The summed E-state index contributed by atoms with van der Waals surface area (Å²) < 4.78 is 0. The van der Waals surface area contributed by atoms with Crippen molar-refractivity contribution in [3.05, 3.63) is 0 Å². The quantitative estimate of drug-likeness (QED) is 0.794. The highest BCUT2D eigenvalue weighted by molar-refractivity contribution is 5.84. The van der Waals surface area contributed by atoms with Crippen LogP contribution in [0.3, 0.4) is 0 Å². The number of carboxylic acids is 1. The van der Waals surface area contributed by atoms with Gasteiger partial charge in [0.05, 0.1) is 17.6 Å². The summed E-state index contributed by atoms with van der Waals surface area (Å²) in [6.07, 6.45) is 2.96. The second-order valence-corrected chi connectivity index (χ2v) is 5.79. The van der Waals surface area contributed by atoms with E-state index in [1.807, 2.05) is 0 Å². The lowest BCUT2D eigenvalue weighted by molar-refractivity contribution is -0.152. The lowest BCUT2D eigenvalue weighted by Crippen LogP contribution is -2.47. The molecule has 0 saturated heterocycles. The van der Waals surface area contributed by atoms with Gasteiger partial charge in [-0.25, -0.2) is 0 Å². The second kappa shape index (κ2) is 5.69. The van der Waals surface area contributed by atoms with Crippen LogP contribution in [-0.4, -0.2) is 46.2 Å². The molecule has 0 bridgehead atoms. The number of nitrogens with zero attached hydrogens (tertiary/aromatic N) is 1. The molecule has 0 aromatic carbocycles. The number of aliphatic hydroxyl groups excluding tert-OH is 1. The minimum atomic E-state index is -1.06. The van der Waals surface area contributed by atoms with Crippen molar-refractivity contribution in [3.8, 4) is 0 Å². The van der Waals surface area contributed by atoms with E-state index in [4.69, 9.17) is 5.11 Å². The average molecular weight is 257 g/mol. The van der Waals surface area contributed by atoms with Gasteiger partial charge >= 0.3 is 5.97 Å². The minimum Gasteiger partial charge on any atom is -0.481 e. The molecule has 5 heteroatoms. The Labute approximate surface area is 108 Å². The molecule has 0 aromatic heterocycles. The highest BCUT2D eigenvalue weighted by Gasteiger charge is 2.35. The highest BCUT2D eigenvalue weighted by Crippen LogP contribution is 2.26. The SMILES string of the molecule is CN(C(=O)CC(C)(C)C(=O)O)C1CCCCC1O. The van der Waals surface area contributed by atoms with Crippen molar-refractivity contribution < 1.29 is 19.8 Å². The van der Waals surface area contributed by atoms with Crippen LogP contribution in [0.4, 0.5) is 0 Å². The zero-order valence-electron chi connectivity index (χ0n) is 11.3. The molecule has 2 atom stereocenters. The average Bonchev–Trinajstić information content (AvgIpc) is 2.28. The highest BCUT2D eigenvalue weighted by atomic mass is 16.4.